The molecule has 3 fully saturated rings. The molecule has 2 saturated heterocycles. The molecule has 0 N–H and O–H groups in total. The Labute approximate surface area is 185 Å². The van der Waals surface area contributed by atoms with Crippen LogP contribution in [0.25, 0.3) is 0 Å². The molecule has 7 nitrogen and oxygen atoms in total. The molecule has 31 heavy (non-hydrogen) atoms. The van der Waals surface area contributed by atoms with Crippen molar-refractivity contribution in [3.63, 3.8) is 0 Å². The summed E-state index contributed by atoms with van der Waals surface area (Å²) in [7, 11) is 1.70. The van der Waals surface area contributed by atoms with Gasteiger partial charge in [-0.05, 0) is 50.5 Å². The molecule has 1 atom stereocenters. The summed E-state index contributed by atoms with van der Waals surface area (Å²) in [6.45, 7) is 9.79. The van der Waals surface area contributed by atoms with Crippen molar-refractivity contribution in [1.29, 1.82) is 0 Å². The Balaban J connectivity index is 1.41. The molecule has 1 unspecified atom stereocenters. The Morgan fingerprint density at radius 2 is 1.94 bits per heavy atom. The Hall–Kier alpha value is -1.86. The van der Waals surface area contributed by atoms with Gasteiger partial charge < -0.3 is 23.8 Å². The minimum atomic E-state index is 0.144. The quantitative estimate of drug-likeness (QED) is 0.666. The molecule has 7 heteroatoms. The van der Waals surface area contributed by atoms with Crippen molar-refractivity contribution in [2.75, 3.05) is 53.1 Å². The highest BCUT2D eigenvalue weighted by atomic mass is 16.5. The van der Waals surface area contributed by atoms with Crippen LogP contribution < -0.4 is 0 Å². The number of methoxy groups -OCH3 is 1. The van der Waals surface area contributed by atoms with Gasteiger partial charge in [0.2, 0.25) is 5.91 Å². The Kier molecular flexibility index (Phi) is 6.72. The number of morpholine rings is 1. The lowest BCUT2D eigenvalue weighted by Gasteiger charge is -2.43. The second kappa shape index (κ2) is 9.33. The van der Waals surface area contributed by atoms with Gasteiger partial charge in [0, 0.05) is 57.6 Å². The van der Waals surface area contributed by atoms with Crippen molar-refractivity contribution in [1.82, 2.24) is 14.4 Å². The Bertz CT molecular complexity index is 808. The van der Waals surface area contributed by atoms with Gasteiger partial charge in [0.15, 0.2) is 0 Å². The van der Waals surface area contributed by atoms with Crippen molar-refractivity contribution >= 4 is 11.8 Å². The number of carbonyl (C=O) groups is 2. The Morgan fingerprint density at radius 3 is 2.58 bits per heavy atom. The highest BCUT2D eigenvalue weighted by molar-refractivity contribution is 5.96. The number of nitrogens with zero attached hydrogens (tertiary/aromatic N) is 3. The van der Waals surface area contributed by atoms with Gasteiger partial charge in [-0.3, -0.25) is 9.59 Å². The van der Waals surface area contributed by atoms with Gasteiger partial charge in [0.05, 0.1) is 25.4 Å². The van der Waals surface area contributed by atoms with E-state index in [1.54, 1.807) is 7.11 Å². The SMILES string of the molecule is COCCn1c(C)cc(C(=O)N2CC(CCC(=O)N3CCOCC3)C3(CCC3)C2)c1C. The van der Waals surface area contributed by atoms with Crippen LogP contribution in [0.2, 0.25) is 0 Å². The van der Waals surface area contributed by atoms with Crippen LogP contribution in [-0.4, -0.2) is 79.3 Å². The van der Waals surface area contributed by atoms with Gasteiger partial charge in [-0.15, -0.1) is 0 Å². The van der Waals surface area contributed by atoms with Gasteiger partial charge in [-0.1, -0.05) is 6.42 Å². The third-order valence-corrected chi connectivity index (χ3v) is 7.84. The van der Waals surface area contributed by atoms with Gasteiger partial charge in [0.1, 0.15) is 0 Å². The molecule has 0 aromatic carbocycles. The highest BCUT2D eigenvalue weighted by Crippen LogP contribution is 2.53. The molecule has 1 aliphatic carbocycles. The first kappa shape index (κ1) is 22.3. The second-order valence-corrected chi connectivity index (χ2v) is 9.56. The van der Waals surface area contributed by atoms with E-state index in [4.69, 9.17) is 9.47 Å². The van der Waals surface area contributed by atoms with Crippen LogP contribution in [0.3, 0.4) is 0 Å². The maximum absolute atomic E-state index is 13.5. The number of hydrogen-bond donors (Lipinski definition) is 0. The number of amides is 2. The summed E-state index contributed by atoms with van der Waals surface area (Å²) in [5, 5.41) is 0. The van der Waals surface area contributed by atoms with E-state index in [9.17, 15) is 9.59 Å². The molecular weight excluding hydrogens is 394 g/mol. The van der Waals surface area contributed by atoms with E-state index in [0.29, 0.717) is 45.2 Å². The summed E-state index contributed by atoms with van der Waals surface area (Å²) in [5.74, 6) is 0.807. The van der Waals surface area contributed by atoms with E-state index in [0.717, 1.165) is 43.0 Å². The molecule has 0 bridgehead atoms. The predicted octanol–water partition coefficient (Wildman–Crippen LogP) is 2.63. The first-order valence-corrected chi connectivity index (χ1v) is 11.8. The molecule has 2 aliphatic heterocycles. The highest BCUT2D eigenvalue weighted by Gasteiger charge is 2.51. The maximum Gasteiger partial charge on any atom is 0.255 e. The van der Waals surface area contributed by atoms with Gasteiger partial charge >= 0.3 is 0 Å². The summed E-state index contributed by atoms with van der Waals surface area (Å²) in [6.07, 6.45) is 5.06. The first-order valence-electron chi connectivity index (χ1n) is 11.8. The van der Waals surface area contributed by atoms with Crippen molar-refractivity contribution in [2.45, 2.75) is 52.5 Å². The molecule has 3 aliphatic rings. The van der Waals surface area contributed by atoms with Crippen LogP contribution in [0.5, 0.6) is 0 Å². The third kappa shape index (κ3) is 4.40. The lowest BCUT2D eigenvalue weighted by molar-refractivity contribution is -0.135. The molecule has 1 aromatic heterocycles. The third-order valence-electron chi connectivity index (χ3n) is 7.84. The predicted molar refractivity (Wildman–Crippen MR) is 118 cm³/mol. The molecule has 1 spiro atoms. The van der Waals surface area contributed by atoms with Crippen LogP contribution in [0.15, 0.2) is 6.07 Å². The molecule has 0 radical (unpaired) electrons. The fourth-order valence-electron chi connectivity index (χ4n) is 5.77. The topological polar surface area (TPSA) is 64.0 Å². The van der Waals surface area contributed by atoms with Gasteiger partial charge in [0.25, 0.3) is 5.91 Å². The van der Waals surface area contributed by atoms with Crippen molar-refractivity contribution in [2.24, 2.45) is 11.3 Å². The summed E-state index contributed by atoms with van der Waals surface area (Å²) in [6, 6.07) is 2.02. The van der Waals surface area contributed by atoms with E-state index >= 15 is 0 Å². The lowest BCUT2D eigenvalue weighted by atomic mass is 9.62. The van der Waals surface area contributed by atoms with Crippen molar-refractivity contribution < 1.29 is 19.1 Å². The standard InChI is InChI=1S/C24H37N3O4/c1-18-15-21(19(2)27(18)11-12-30-3)23(29)26-16-20(24(17-26)7-4-8-24)5-6-22(28)25-9-13-31-14-10-25/h15,20H,4-14,16-17H2,1-3H3. The van der Waals surface area contributed by atoms with Gasteiger partial charge in [-0.25, -0.2) is 0 Å². The monoisotopic (exact) mass is 431 g/mol. The first-order chi connectivity index (χ1) is 14.9. The number of aromatic nitrogens is 1. The summed E-state index contributed by atoms with van der Waals surface area (Å²) in [5.41, 5.74) is 3.16. The zero-order valence-electron chi connectivity index (χ0n) is 19.3. The fourth-order valence-corrected chi connectivity index (χ4v) is 5.77. The lowest BCUT2D eigenvalue weighted by Crippen LogP contribution is -2.42. The molecule has 2 amide bonds. The molecule has 172 valence electrons. The summed E-state index contributed by atoms with van der Waals surface area (Å²) < 4.78 is 12.8. The van der Waals surface area contributed by atoms with E-state index in [2.05, 4.69) is 16.4 Å². The minimum Gasteiger partial charge on any atom is -0.383 e. The van der Waals surface area contributed by atoms with Crippen LogP contribution in [0.1, 0.15) is 53.8 Å². The molecule has 3 heterocycles. The van der Waals surface area contributed by atoms with E-state index in [1.807, 2.05) is 17.9 Å². The van der Waals surface area contributed by atoms with E-state index < -0.39 is 0 Å². The average Bonchev–Trinajstić information content (AvgIpc) is 3.28. The molecule has 1 saturated carbocycles. The van der Waals surface area contributed by atoms with Crippen LogP contribution in [0, 0.1) is 25.2 Å². The number of likely N-dealkylation sites (tertiary alicyclic amines) is 1. The molecular formula is C24H37N3O4. The zero-order valence-corrected chi connectivity index (χ0v) is 19.3. The van der Waals surface area contributed by atoms with Crippen molar-refractivity contribution in [3.8, 4) is 0 Å². The average molecular weight is 432 g/mol. The van der Waals surface area contributed by atoms with Crippen LogP contribution in [0.4, 0.5) is 0 Å². The number of rotatable bonds is 7. The number of ether oxygens (including phenoxy) is 2. The number of aryl methyl sites for hydroxylation is 1. The maximum atomic E-state index is 13.5. The minimum absolute atomic E-state index is 0.144. The number of hydrogen-bond acceptors (Lipinski definition) is 4. The Morgan fingerprint density at radius 1 is 1.19 bits per heavy atom. The van der Waals surface area contributed by atoms with E-state index in [-0.39, 0.29) is 17.2 Å². The normalized spacial score (nSPS) is 22.7. The van der Waals surface area contributed by atoms with Gasteiger partial charge in [-0.2, -0.15) is 0 Å². The van der Waals surface area contributed by atoms with Crippen LogP contribution >= 0.6 is 0 Å². The second-order valence-electron chi connectivity index (χ2n) is 9.56. The molecule has 1 aromatic rings. The van der Waals surface area contributed by atoms with E-state index in [1.165, 1.54) is 19.3 Å². The number of carbonyl (C=O) groups excluding carboxylic acids is 2. The summed E-state index contributed by atoms with van der Waals surface area (Å²) in [4.78, 5) is 30.1. The fraction of sp³-hybridized carbons (Fsp3) is 0.750. The largest absolute Gasteiger partial charge is 0.383 e. The van der Waals surface area contributed by atoms with Crippen molar-refractivity contribution in [3.05, 3.63) is 23.0 Å². The van der Waals surface area contributed by atoms with Crippen LogP contribution in [-0.2, 0) is 20.8 Å². The summed E-state index contributed by atoms with van der Waals surface area (Å²) >= 11 is 0. The smallest absolute Gasteiger partial charge is 0.255 e. The molecule has 4 rings (SSSR count). The zero-order chi connectivity index (χ0) is 22.0.